The Balaban J connectivity index is 1.83. The number of carbonyl (C=O) groups is 1. The van der Waals surface area contributed by atoms with Crippen LogP contribution in [0.15, 0.2) is 71.7 Å². The molecular formula is C24H20ClFN2O. The van der Waals surface area contributed by atoms with E-state index >= 15 is 0 Å². The van der Waals surface area contributed by atoms with Crippen LogP contribution in [0, 0.1) is 5.82 Å². The Kier molecular flexibility index (Phi) is 5.45. The van der Waals surface area contributed by atoms with Crippen molar-refractivity contribution in [2.45, 2.75) is 25.8 Å². The lowest BCUT2D eigenvalue weighted by molar-refractivity contribution is -0.117. The number of benzene rings is 3. The summed E-state index contributed by atoms with van der Waals surface area (Å²) in [6, 6.07) is 18.9. The summed E-state index contributed by atoms with van der Waals surface area (Å²) in [5.41, 5.74) is 5.03. The van der Waals surface area contributed by atoms with E-state index in [-0.39, 0.29) is 11.7 Å². The second-order valence-electron chi connectivity index (χ2n) is 7.01. The van der Waals surface area contributed by atoms with E-state index in [9.17, 15) is 9.18 Å². The van der Waals surface area contributed by atoms with Gasteiger partial charge in [0, 0.05) is 22.6 Å². The minimum atomic E-state index is -0.603. The Bertz CT molecular complexity index is 1090. The number of nitrogens with zero attached hydrogens (tertiary/aromatic N) is 1. The molecule has 1 amide bonds. The van der Waals surface area contributed by atoms with Gasteiger partial charge < -0.3 is 5.32 Å². The Morgan fingerprint density at radius 1 is 1.03 bits per heavy atom. The van der Waals surface area contributed by atoms with Crippen molar-refractivity contribution in [3.8, 4) is 0 Å². The van der Waals surface area contributed by atoms with Crippen molar-refractivity contribution in [2.75, 3.05) is 5.32 Å². The first-order valence-electron chi connectivity index (χ1n) is 9.56. The topological polar surface area (TPSA) is 41.5 Å². The smallest absolute Gasteiger partial charge is 0.249 e. The predicted octanol–water partition coefficient (Wildman–Crippen LogP) is 5.44. The molecule has 1 aliphatic rings. The molecule has 1 atom stereocenters. The fourth-order valence-corrected chi connectivity index (χ4v) is 3.78. The van der Waals surface area contributed by atoms with E-state index in [1.54, 1.807) is 30.3 Å². The molecule has 1 aliphatic heterocycles. The van der Waals surface area contributed by atoms with E-state index in [4.69, 9.17) is 16.6 Å². The number of halogens is 2. The first kappa shape index (κ1) is 19.3. The molecule has 0 aliphatic carbocycles. The Hall–Kier alpha value is -2.98. The van der Waals surface area contributed by atoms with Gasteiger partial charge in [0.25, 0.3) is 0 Å². The number of carbonyl (C=O) groups excluding carboxylic acids is 1. The zero-order valence-corrected chi connectivity index (χ0v) is 16.7. The zero-order chi connectivity index (χ0) is 20.4. The van der Waals surface area contributed by atoms with Crippen LogP contribution in [-0.4, -0.2) is 17.7 Å². The van der Waals surface area contributed by atoms with Crippen molar-refractivity contribution in [3.05, 3.63) is 99.8 Å². The van der Waals surface area contributed by atoms with Crippen molar-refractivity contribution in [1.29, 1.82) is 0 Å². The highest BCUT2D eigenvalue weighted by molar-refractivity contribution is 6.32. The number of hydrogen-bond acceptors (Lipinski definition) is 2. The first-order chi connectivity index (χ1) is 14.0. The molecule has 146 valence electrons. The summed E-state index contributed by atoms with van der Waals surface area (Å²) < 4.78 is 13.5. The van der Waals surface area contributed by atoms with E-state index in [1.807, 2.05) is 18.2 Å². The highest BCUT2D eigenvalue weighted by Crippen LogP contribution is 2.28. The van der Waals surface area contributed by atoms with E-state index in [0.29, 0.717) is 22.8 Å². The van der Waals surface area contributed by atoms with Crippen molar-refractivity contribution in [2.24, 2.45) is 4.99 Å². The number of hydrogen-bond donors (Lipinski definition) is 1. The van der Waals surface area contributed by atoms with Crippen LogP contribution < -0.4 is 5.32 Å². The molecule has 0 radical (unpaired) electrons. The lowest BCUT2D eigenvalue weighted by atomic mass is 9.98. The molecule has 0 spiro atoms. The molecular weight excluding hydrogens is 387 g/mol. The van der Waals surface area contributed by atoms with Gasteiger partial charge in [0.05, 0.1) is 11.4 Å². The normalized spacial score (nSPS) is 15.9. The maximum Gasteiger partial charge on any atom is 0.249 e. The third kappa shape index (κ3) is 4.08. The van der Waals surface area contributed by atoms with Gasteiger partial charge in [-0.3, -0.25) is 9.79 Å². The molecule has 29 heavy (non-hydrogen) atoms. The Labute approximate surface area is 174 Å². The number of nitrogens with one attached hydrogen (secondary N) is 1. The van der Waals surface area contributed by atoms with Gasteiger partial charge in [0.15, 0.2) is 0 Å². The molecule has 0 aromatic heterocycles. The van der Waals surface area contributed by atoms with Gasteiger partial charge in [-0.1, -0.05) is 42.8 Å². The van der Waals surface area contributed by atoms with Gasteiger partial charge in [0.2, 0.25) is 5.91 Å². The van der Waals surface area contributed by atoms with E-state index in [2.05, 4.69) is 18.3 Å². The second-order valence-corrected chi connectivity index (χ2v) is 7.44. The van der Waals surface area contributed by atoms with Gasteiger partial charge in [-0.2, -0.15) is 0 Å². The number of aliphatic imine (C=N–C) groups is 1. The molecule has 3 aromatic carbocycles. The molecule has 0 saturated carbocycles. The number of aryl methyl sites for hydroxylation is 1. The number of anilines is 1. The SMILES string of the molecule is CCc1ccccc1CC1N=C(c2ccc(F)cc2)c2cc(Cl)ccc2NC1=O. The van der Waals surface area contributed by atoms with Crippen LogP contribution in [0.4, 0.5) is 10.1 Å². The molecule has 0 saturated heterocycles. The van der Waals surface area contributed by atoms with Gasteiger partial charge in [-0.25, -0.2) is 4.39 Å². The average molecular weight is 407 g/mol. The van der Waals surface area contributed by atoms with Crippen LogP contribution >= 0.6 is 11.6 Å². The zero-order valence-electron chi connectivity index (χ0n) is 16.0. The van der Waals surface area contributed by atoms with Crippen LogP contribution in [0.3, 0.4) is 0 Å². The van der Waals surface area contributed by atoms with Crippen LogP contribution in [-0.2, 0) is 17.6 Å². The maximum atomic E-state index is 13.5. The summed E-state index contributed by atoms with van der Waals surface area (Å²) in [5, 5.41) is 3.53. The van der Waals surface area contributed by atoms with Crippen molar-refractivity contribution >= 4 is 28.9 Å². The summed E-state index contributed by atoms with van der Waals surface area (Å²) >= 11 is 6.22. The van der Waals surface area contributed by atoms with Crippen molar-refractivity contribution < 1.29 is 9.18 Å². The number of fused-ring (bicyclic) bond motifs is 1. The molecule has 1 heterocycles. The van der Waals surface area contributed by atoms with Gasteiger partial charge in [0.1, 0.15) is 11.9 Å². The largest absolute Gasteiger partial charge is 0.324 e. The van der Waals surface area contributed by atoms with Gasteiger partial charge in [-0.15, -0.1) is 0 Å². The molecule has 0 fully saturated rings. The van der Waals surface area contributed by atoms with E-state index in [1.165, 1.54) is 17.7 Å². The highest BCUT2D eigenvalue weighted by atomic mass is 35.5. The lowest BCUT2D eigenvalue weighted by Gasteiger charge is -2.14. The highest BCUT2D eigenvalue weighted by Gasteiger charge is 2.26. The minimum absolute atomic E-state index is 0.170. The maximum absolute atomic E-state index is 13.5. The summed E-state index contributed by atoms with van der Waals surface area (Å²) in [6.45, 7) is 2.09. The summed E-state index contributed by atoms with van der Waals surface area (Å²) in [6.07, 6.45) is 1.37. The molecule has 1 unspecified atom stereocenters. The predicted molar refractivity (Wildman–Crippen MR) is 115 cm³/mol. The fraction of sp³-hybridized carbons (Fsp3) is 0.167. The molecule has 4 rings (SSSR count). The van der Waals surface area contributed by atoms with E-state index < -0.39 is 6.04 Å². The fourth-order valence-electron chi connectivity index (χ4n) is 3.61. The third-order valence-electron chi connectivity index (χ3n) is 5.11. The monoisotopic (exact) mass is 406 g/mol. The minimum Gasteiger partial charge on any atom is -0.324 e. The Morgan fingerprint density at radius 3 is 2.48 bits per heavy atom. The van der Waals surface area contributed by atoms with Crippen LogP contribution in [0.5, 0.6) is 0 Å². The molecule has 3 aromatic rings. The molecule has 0 bridgehead atoms. The Morgan fingerprint density at radius 2 is 1.76 bits per heavy atom. The molecule has 3 nitrogen and oxygen atoms in total. The summed E-state index contributed by atoms with van der Waals surface area (Å²) in [4.78, 5) is 17.8. The van der Waals surface area contributed by atoms with Crippen LogP contribution in [0.25, 0.3) is 0 Å². The summed E-state index contributed by atoms with van der Waals surface area (Å²) in [7, 11) is 0. The van der Waals surface area contributed by atoms with Gasteiger partial charge in [-0.05, 0) is 60.0 Å². The quantitative estimate of drug-likeness (QED) is 0.615. The second kappa shape index (κ2) is 8.18. The van der Waals surface area contributed by atoms with Crippen molar-refractivity contribution in [1.82, 2.24) is 0 Å². The van der Waals surface area contributed by atoms with Crippen LogP contribution in [0.1, 0.15) is 29.2 Å². The lowest BCUT2D eigenvalue weighted by Crippen LogP contribution is -2.28. The first-order valence-corrected chi connectivity index (χ1v) is 9.94. The standard InChI is InChI=1S/C24H20ClFN2O/c1-2-15-5-3-4-6-17(15)13-22-24(29)28-21-12-9-18(25)14-20(21)23(27-22)16-7-10-19(26)11-8-16/h3-12,14,22H,2,13H2,1H3,(H,28,29). The number of amides is 1. The van der Waals surface area contributed by atoms with Gasteiger partial charge >= 0.3 is 0 Å². The number of benzodiazepines with no additional fused rings is 1. The molecule has 1 N–H and O–H groups in total. The third-order valence-corrected chi connectivity index (χ3v) is 5.35. The number of rotatable bonds is 4. The average Bonchev–Trinajstić information content (AvgIpc) is 2.86. The van der Waals surface area contributed by atoms with Crippen LogP contribution in [0.2, 0.25) is 5.02 Å². The van der Waals surface area contributed by atoms with E-state index in [0.717, 1.165) is 23.1 Å². The molecule has 5 heteroatoms. The van der Waals surface area contributed by atoms with Crippen molar-refractivity contribution in [3.63, 3.8) is 0 Å². The summed E-state index contributed by atoms with van der Waals surface area (Å²) in [5.74, 6) is -0.492.